The highest BCUT2D eigenvalue weighted by Gasteiger charge is 2.27. The summed E-state index contributed by atoms with van der Waals surface area (Å²) >= 11 is 0. The van der Waals surface area contributed by atoms with Crippen LogP contribution in [0.5, 0.6) is 0 Å². The largest absolute Gasteiger partial charge is 0.396 e. The lowest BCUT2D eigenvalue weighted by molar-refractivity contribution is -0.0332. The van der Waals surface area contributed by atoms with Crippen LogP contribution in [0.25, 0.3) is 0 Å². The predicted molar refractivity (Wildman–Crippen MR) is 61.6 cm³/mol. The molecule has 0 saturated carbocycles. The van der Waals surface area contributed by atoms with Crippen molar-refractivity contribution in [3.8, 4) is 0 Å². The van der Waals surface area contributed by atoms with Gasteiger partial charge in [0.1, 0.15) is 0 Å². The van der Waals surface area contributed by atoms with Gasteiger partial charge in [-0.3, -0.25) is 0 Å². The summed E-state index contributed by atoms with van der Waals surface area (Å²) < 4.78 is 0. The third-order valence-electron chi connectivity index (χ3n) is 2.68. The standard InChI is InChI=1S/2C5H12O4/c2*6-1-5(2-7,3-8)4-9/h2*6-9H,1-4H2. The molecule has 0 spiro atoms. The zero-order chi connectivity index (χ0) is 14.7. The quantitative estimate of drug-likeness (QED) is 0.221. The van der Waals surface area contributed by atoms with E-state index in [1.165, 1.54) is 0 Å². The van der Waals surface area contributed by atoms with E-state index in [0.717, 1.165) is 0 Å². The molecule has 0 heterocycles. The molecule has 112 valence electrons. The van der Waals surface area contributed by atoms with Gasteiger partial charge >= 0.3 is 0 Å². The number of hydrogen-bond acceptors (Lipinski definition) is 8. The van der Waals surface area contributed by atoms with Crippen LogP contribution in [0.2, 0.25) is 0 Å². The average molecular weight is 272 g/mol. The van der Waals surface area contributed by atoms with Crippen molar-refractivity contribution in [1.29, 1.82) is 0 Å². The first-order valence-corrected chi connectivity index (χ1v) is 5.36. The zero-order valence-corrected chi connectivity index (χ0v) is 10.2. The molecule has 0 saturated heterocycles. The van der Waals surface area contributed by atoms with E-state index in [-0.39, 0.29) is 0 Å². The fraction of sp³-hybridized carbons (Fsp3) is 1.00. The Bertz CT molecular complexity index is 124. The molecule has 18 heavy (non-hydrogen) atoms. The van der Waals surface area contributed by atoms with E-state index < -0.39 is 63.7 Å². The Morgan fingerprint density at radius 2 is 0.444 bits per heavy atom. The molecule has 8 nitrogen and oxygen atoms in total. The van der Waals surface area contributed by atoms with E-state index in [2.05, 4.69) is 0 Å². The van der Waals surface area contributed by atoms with Gasteiger partial charge < -0.3 is 40.9 Å². The Balaban J connectivity index is 0. The number of hydrogen-bond donors (Lipinski definition) is 8. The van der Waals surface area contributed by atoms with E-state index in [1.807, 2.05) is 0 Å². The number of aliphatic hydroxyl groups is 8. The molecule has 8 heteroatoms. The first-order chi connectivity index (χ1) is 8.49. The Hall–Kier alpha value is -0.320. The molecular weight excluding hydrogens is 248 g/mol. The van der Waals surface area contributed by atoms with Gasteiger partial charge in [0.15, 0.2) is 0 Å². The molecular formula is C10H24O8. The molecule has 0 aromatic rings. The van der Waals surface area contributed by atoms with E-state index in [9.17, 15) is 0 Å². The summed E-state index contributed by atoms with van der Waals surface area (Å²) in [5.74, 6) is 0. The van der Waals surface area contributed by atoms with Gasteiger partial charge in [0, 0.05) is 0 Å². The molecule has 0 unspecified atom stereocenters. The van der Waals surface area contributed by atoms with E-state index >= 15 is 0 Å². The van der Waals surface area contributed by atoms with Gasteiger partial charge in [0.05, 0.1) is 63.7 Å². The highest BCUT2D eigenvalue weighted by Crippen LogP contribution is 2.12. The lowest BCUT2D eigenvalue weighted by Crippen LogP contribution is -2.37. The fourth-order valence-corrected chi connectivity index (χ4v) is 0.600. The summed E-state index contributed by atoms with van der Waals surface area (Å²) in [5, 5.41) is 68.0. The monoisotopic (exact) mass is 272 g/mol. The van der Waals surface area contributed by atoms with Crippen molar-refractivity contribution in [3.05, 3.63) is 0 Å². The SMILES string of the molecule is OCC(CO)(CO)CO.OCC(CO)(CO)CO. The van der Waals surface area contributed by atoms with Crippen molar-refractivity contribution in [2.45, 2.75) is 0 Å². The Kier molecular flexibility index (Phi) is 11.8. The van der Waals surface area contributed by atoms with Crippen LogP contribution in [0.15, 0.2) is 0 Å². The lowest BCUT2D eigenvalue weighted by Gasteiger charge is -2.23. The van der Waals surface area contributed by atoms with Crippen LogP contribution >= 0.6 is 0 Å². The van der Waals surface area contributed by atoms with Crippen molar-refractivity contribution in [2.24, 2.45) is 10.8 Å². The van der Waals surface area contributed by atoms with E-state index in [4.69, 9.17) is 40.9 Å². The van der Waals surface area contributed by atoms with E-state index in [1.54, 1.807) is 0 Å². The lowest BCUT2D eigenvalue weighted by atomic mass is 9.93. The van der Waals surface area contributed by atoms with Crippen molar-refractivity contribution in [1.82, 2.24) is 0 Å². The van der Waals surface area contributed by atoms with Crippen molar-refractivity contribution >= 4 is 0 Å². The highest BCUT2D eigenvalue weighted by atomic mass is 16.3. The van der Waals surface area contributed by atoms with Crippen molar-refractivity contribution < 1.29 is 40.9 Å². The van der Waals surface area contributed by atoms with Gasteiger partial charge in [-0.15, -0.1) is 0 Å². The molecule has 8 N–H and O–H groups in total. The Labute approximate surface area is 105 Å². The summed E-state index contributed by atoms with van der Waals surface area (Å²) in [6.45, 7) is -3.25. The Morgan fingerprint density at radius 3 is 0.444 bits per heavy atom. The van der Waals surface area contributed by atoms with Crippen LogP contribution in [-0.4, -0.2) is 93.7 Å². The minimum Gasteiger partial charge on any atom is -0.396 e. The summed E-state index contributed by atoms with van der Waals surface area (Å²) in [5.41, 5.74) is -2.22. The highest BCUT2D eigenvalue weighted by molar-refractivity contribution is 4.75. The predicted octanol–water partition coefficient (Wildman–Crippen LogP) is -4.12. The average Bonchev–Trinajstić information content (AvgIpc) is 2.46. The van der Waals surface area contributed by atoms with Crippen LogP contribution in [0.4, 0.5) is 0 Å². The molecule has 0 aliphatic carbocycles. The normalized spacial score (nSPS) is 12.0. The second-order valence-electron chi connectivity index (χ2n) is 4.26. The molecule has 0 fully saturated rings. The van der Waals surface area contributed by atoms with Crippen molar-refractivity contribution in [3.63, 3.8) is 0 Å². The maximum absolute atomic E-state index is 8.50. The number of rotatable bonds is 8. The van der Waals surface area contributed by atoms with Gasteiger partial charge in [-0.1, -0.05) is 0 Å². The Morgan fingerprint density at radius 1 is 0.333 bits per heavy atom. The topological polar surface area (TPSA) is 162 Å². The van der Waals surface area contributed by atoms with Gasteiger partial charge in [-0.25, -0.2) is 0 Å². The van der Waals surface area contributed by atoms with Gasteiger partial charge in [0.2, 0.25) is 0 Å². The molecule has 0 radical (unpaired) electrons. The van der Waals surface area contributed by atoms with Crippen LogP contribution in [0, 0.1) is 10.8 Å². The van der Waals surface area contributed by atoms with Crippen LogP contribution in [0.3, 0.4) is 0 Å². The molecule has 0 aromatic carbocycles. The van der Waals surface area contributed by atoms with Crippen LogP contribution < -0.4 is 0 Å². The van der Waals surface area contributed by atoms with Crippen LogP contribution in [-0.2, 0) is 0 Å². The maximum atomic E-state index is 8.50. The smallest absolute Gasteiger partial charge is 0.0627 e. The summed E-state index contributed by atoms with van der Waals surface area (Å²) in [6.07, 6.45) is 0. The summed E-state index contributed by atoms with van der Waals surface area (Å²) in [7, 11) is 0. The third kappa shape index (κ3) is 6.03. The first kappa shape index (κ1) is 20.0. The van der Waals surface area contributed by atoms with Crippen LogP contribution in [0.1, 0.15) is 0 Å². The van der Waals surface area contributed by atoms with Gasteiger partial charge in [-0.2, -0.15) is 0 Å². The molecule has 0 bridgehead atoms. The molecule has 0 aliphatic heterocycles. The van der Waals surface area contributed by atoms with Crippen molar-refractivity contribution in [2.75, 3.05) is 52.9 Å². The number of aliphatic hydroxyl groups excluding tert-OH is 8. The molecule has 0 atom stereocenters. The molecule has 0 aliphatic rings. The maximum Gasteiger partial charge on any atom is 0.0627 e. The zero-order valence-electron chi connectivity index (χ0n) is 10.2. The minimum atomic E-state index is -1.11. The van der Waals surface area contributed by atoms with E-state index in [0.29, 0.717) is 0 Å². The van der Waals surface area contributed by atoms with Gasteiger partial charge in [-0.05, 0) is 0 Å². The molecule has 0 aromatic heterocycles. The molecule has 0 amide bonds. The third-order valence-corrected chi connectivity index (χ3v) is 2.68. The first-order valence-electron chi connectivity index (χ1n) is 5.36. The molecule has 0 rings (SSSR count). The fourth-order valence-electron chi connectivity index (χ4n) is 0.600. The minimum absolute atomic E-state index is 0.406. The second-order valence-corrected chi connectivity index (χ2v) is 4.26. The summed E-state index contributed by atoms with van der Waals surface area (Å²) in [4.78, 5) is 0. The summed E-state index contributed by atoms with van der Waals surface area (Å²) in [6, 6.07) is 0. The van der Waals surface area contributed by atoms with Gasteiger partial charge in [0.25, 0.3) is 0 Å². The second kappa shape index (κ2) is 10.6.